The molecule has 1 saturated carbocycles. The topological polar surface area (TPSA) is 59.6 Å². The second kappa shape index (κ2) is 7.96. The van der Waals surface area contributed by atoms with Crippen molar-refractivity contribution in [3.63, 3.8) is 0 Å². The van der Waals surface area contributed by atoms with Gasteiger partial charge in [0.05, 0.1) is 13.2 Å². The molecule has 1 spiro atoms. The van der Waals surface area contributed by atoms with Crippen molar-refractivity contribution in [2.75, 3.05) is 46.6 Å². The molecule has 1 saturated heterocycles. The van der Waals surface area contributed by atoms with Gasteiger partial charge in [-0.2, -0.15) is 0 Å². The Hall–Kier alpha value is -0.650. The predicted octanol–water partition coefficient (Wildman–Crippen LogP) is 0.936. The summed E-state index contributed by atoms with van der Waals surface area (Å²) in [6.07, 6.45) is 5.40. The average molecular weight is 284 g/mol. The average Bonchev–Trinajstić information content (AvgIpc) is 3.16. The number of ether oxygens (including phenoxy) is 2. The maximum atomic E-state index is 12.1. The van der Waals surface area contributed by atoms with E-state index in [4.69, 9.17) is 9.47 Å². The van der Waals surface area contributed by atoms with E-state index in [1.165, 1.54) is 12.8 Å². The lowest BCUT2D eigenvalue weighted by Gasteiger charge is -2.23. The summed E-state index contributed by atoms with van der Waals surface area (Å²) in [4.78, 5) is 12.1. The van der Waals surface area contributed by atoms with Crippen molar-refractivity contribution in [3.8, 4) is 0 Å². The summed E-state index contributed by atoms with van der Waals surface area (Å²) >= 11 is 0. The number of unbranched alkanes of at least 4 members (excludes halogenated alkanes) is 1. The number of hydrogen-bond donors (Lipinski definition) is 2. The fraction of sp³-hybridized carbons (Fsp3) is 0.933. The van der Waals surface area contributed by atoms with Crippen molar-refractivity contribution in [2.45, 2.75) is 32.1 Å². The van der Waals surface area contributed by atoms with E-state index in [0.29, 0.717) is 18.6 Å². The zero-order valence-corrected chi connectivity index (χ0v) is 12.6. The summed E-state index contributed by atoms with van der Waals surface area (Å²) in [6.45, 7) is 4.97. The summed E-state index contributed by atoms with van der Waals surface area (Å²) in [5.41, 5.74) is 0.346. The maximum absolute atomic E-state index is 12.1. The normalized spacial score (nSPS) is 23.8. The zero-order valence-electron chi connectivity index (χ0n) is 12.6. The first-order chi connectivity index (χ1) is 9.78. The Morgan fingerprint density at radius 1 is 1.25 bits per heavy atom. The Balaban J connectivity index is 1.47. The minimum atomic E-state index is 0.271. The first-order valence-corrected chi connectivity index (χ1v) is 7.84. The number of hydrogen-bond acceptors (Lipinski definition) is 4. The highest BCUT2D eigenvalue weighted by atomic mass is 16.5. The van der Waals surface area contributed by atoms with E-state index in [-0.39, 0.29) is 11.8 Å². The van der Waals surface area contributed by atoms with Crippen LogP contribution in [0.3, 0.4) is 0 Å². The van der Waals surface area contributed by atoms with Crippen molar-refractivity contribution >= 4 is 5.91 Å². The zero-order chi connectivity index (χ0) is 14.3. The first-order valence-electron chi connectivity index (χ1n) is 7.84. The monoisotopic (exact) mass is 284 g/mol. The van der Waals surface area contributed by atoms with Gasteiger partial charge in [-0.1, -0.05) is 0 Å². The third-order valence-corrected chi connectivity index (χ3v) is 4.55. The van der Waals surface area contributed by atoms with Crippen LogP contribution in [-0.4, -0.2) is 52.5 Å². The van der Waals surface area contributed by atoms with Crippen LogP contribution in [0.1, 0.15) is 32.1 Å². The molecule has 1 unspecified atom stereocenters. The highest BCUT2D eigenvalue weighted by Crippen LogP contribution is 2.58. The number of carbonyl (C=O) groups is 1. The molecular formula is C15H28N2O3. The van der Waals surface area contributed by atoms with Crippen LogP contribution in [-0.2, 0) is 14.3 Å². The van der Waals surface area contributed by atoms with Crippen molar-refractivity contribution in [3.05, 3.63) is 0 Å². The van der Waals surface area contributed by atoms with Crippen LogP contribution in [0.5, 0.6) is 0 Å². The maximum Gasteiger partial charge on any atom is 0.223 e. The summed E-state index contributed by atoms with van der Waals surface area (Å²) in [5.74, 6) is 0.551. The van der Waals surface area contributed by atoms with Crippen LogP contribution in [0.25, 0.3) is 0 Å². The van der Waals surface area contributed by atoms with E-state index in [1.54, 1.807) is 7.11 Å². The summed E-state index contributed by atoms with van der Waals surface area (Å²) < 4.78 is 10.3. The molecule has 1 heterocycles. The van der Waals surface area contributed by atoms with Gasteiger partial charge in [-0.15, -0.1) is 0 Å². The molecule has 5 heteroatoms. The first kappa shape index (κ1) is 15.7. The molecule has 0 aromatic rings. The molecule has 1 amide bonds. The van der Waals surface area contributed by atoms with Crippen molar-refractivity contribution in [1.82, 2.24) is 10.6 Å². The van der Waals surface area contributed by atoms with E-state index < -0.39 is 0 Å². The Morgan fingerprint density at radius 2 is 2.05 bits per heavy atom. The standard InChI is InChI=1S/C15H28N2O3/c1-19-10-11-20-9-3-2-6-17-14(18)13-12-15(13)4-7-16-8-5-15/h13,16H,2-12H2,1H3,(H,17,18). The highest BCUT2D eigenvalue weighted by Gasteiger charge is 2.57. The number of nitrogens with one attached hydrogen (secondary N) is 2. The molecule has 0 aromatic carbocycles. The van der Waals surface area contributed by atoms with E-state index in [0.717, 1.165) is 45.5 Å². The van der Waals surface area contributed by atoms with Gasteiger partial charge in [-0.25, -0.2) is 0 Å². The fourth-order valence-corrected chi connectivity index (χ4v) is 3.10. The second-order valence-corrected chi connectivity index (χ2v) is 5.97. The molecule has 2 rings (SSSR count). The predicted molar refractivity (Wildman–Crippen MR) is 77.6 cm³/mol. The molecular weight excluding hydrogens is 256 g/mol. The molecule has 2 fully saturated rings. The number of carbonyl (C=O) groups excluding carboxylic acids is 1. The smallest absolute Gasteiger partial charge is 0.223 e. The van der Waals surface area contributed by atoms with E-state index >= 15 is 0 Å². The molecule has 5 nitrogen and oxygen atoms in total. The molecule has 2 N–H and O–H groups in total. The molecule has 1 aliphatic heterocycles. The molecule has 116 valence electrons. The van der Waals surface area contributed by atoms with Crippen LogP contribution >= 0.6 is 0 Å². The molecule has 20 heavy (non-hydrogen) atoms. The van der Waals surface area contributed by atoms with Gasteiger partial charge in [0.25, 0.3) is 0 Å². The van der Waals surface area contributed by atoms with Crippen molar-refractivity contribution < 1.29 is 14.3 Å². The van der Waals surface area contributed by atoms with Crippen molar-refractivity contribution in [1.29, 1.82) is 0 Å². The minimum Gasteiger partial charge on any atom is -0.382 e. The Morgan fingerprint density at radius 3 is 2.80 bits per heavy atom. The minimum absolute atomic E-state index is 0.271. The van der Waals surface area contributed by atoms with E-state index in [1.807, 2.05) is 0 Å². The second-order valence-electron chi connectivity index (χ2n) is 5.97. The Labute approximate surface area is 121 Å². The lowest BCUT2D eigenvalue weighted by atomic mass is 9.92. The summed E-state index contributed by atoms with van der Waals surface area (Å²) in [7, 11) is 1.67. The Bertz CT molecular complexity index is 303. The van der Waals surface area contributed by atoms with Crippen LogP contribution < -0.4 is 10.6 Å². The van der Waals surface area contributed by atoms with E-state index in [9.17, 15) is 4.79 Å². The fourth-order valence-electron chi connectivity index (χ4n) is 3.10. The van der Waals surface area contributed by atoms with Gasteiger partial charge >= 0.3 is 0 Å². The largest absolute Gasteiger partial charge is 0.382 e. The third kappa shape index (κ3) is 4.43. The van der Waals surface area contributed by atoms with Gasteiger partial charge in [0, 0.05) is 26.2 Å². The molecule has 1 aliphatic carbocycles. The molecule has 1 atom stereocenters. The molecule has 0 radical (unpaired) electrons. The van der Waals surface area contributed by atoms with Crippen LogP contribution in [0.4, 0.5) is 0 Å². The number of piperidine rings is 1. The quantitative estimate of drug-likeness (QED) is 0.619. The van der Waals surface area contributed by atoms with Crippen LogP contribution in [0, 0.1) is 11.3 Å². The highest BCUT2D eigenvalue weighted by molar-refractivity contribution is 5.82. The molecule has 2 aliphatic rings. The number of amides is 1. The number of methoxy groups -OCH3 is 1. The summed E-state index contributed by atoms with van der Waals surface area (Å²) in [6, 6.07) is 0. The van der Waals surface area contributed by atoms with E-state index in [2.05, 4.69) is 10.6 Å². The molecule has 0 bridgehead atoms. The van der Waals surface area contributed by atoms with Crippen LogP contribution in [0.2, 0.25) is 0 Å². The van der Waals surface area contributed by atoms with Gasteiger partial charge < -0.3 is 20.1 Å². The molecule has 0 aromatic heterocycles. The van der Waals surface area contributed by atoms with Crippen molar-refractivity contribution in [2.24, 2.45) is 11.3 Å². The lowest BCUT2D eigenvalue weighted by molar-refractivity contribution is -0.123. The van der Waals surface area contributed by atoms with Gasteiger partial charge in [-0.05, 0) is 50.6 Å². The summed E-state index contributed by atoms with van der Waals surface area (Å²) in [5, 5.41) is 6.44. The SMILES string of the molecule is COCCOCCCCNC(=O)C1CC12CCNCC2. The van der Waals surface area contributed by atoms with Gasteiger partial charge in [0.15, 0.2) is 0 Å². The Kier molecular flexibility index (Phi) is 6.26. The number of rotatable bonds is 9. The van der Waals surface area contributed by atoms with Crippen LogP contribution in [0.15, 0.2) is 0 Å². The lowest BCUT2D eigenvalue weighted by Crippen LogP contribution is -2.34. The van der Waals surface area contributed by atoms with Gasteiger partial charge in [0.2, 0.25) is 5.91 Å². The van der Waals surface area contributed by atoms with Gasteiger partial charge in [-0.3, -0.25) is 4.79 Å². The van der Waals surface area contributed by atoms with Gasteiger partial charge in [0.1, 0.15) is 0 Å². The third-order valence-electron chi connectivity index (χ3n) is 4.55.